The fourth-order valence-electron chi connectivity index (χ4n) is 2.74. The Morgan fingerprint density at radius 1 is 1.00 bits per heavy atom. The van der Waals surface area contributed by atoms with E-state index < -0.39 is 0 Å². The van der Waals surface area contributed by atoms with Gasteiger partial charge in [-0.05, 0) is 50.2 Å². The molecule has 2 N–H and O–H groups in total. The van der Waals surface area contributed by atoms with Crippen LogP contribution in [0, 0.1) is 20.8 Å². The summed E-state index contributed by atoms with van der Waals surface area (Å²) in [5.74, 6) is 0.731. The highest BCUT2D eigenvalue weighted by atomic mass is 32.1. The summed E-state index contributed by atoms with van der Waals surface area (Å²) >= 11 is 5.40. The summed E-state index contributed by atoms with van der Waals surface area (Å²) in [6, 6.07) is 16.6. The Balaban J connectivity index is 1.61. The van der Waals surface area contributed by atoms with E-state index in [0.29, 0.717) is 5.11 Å². The molecule has 5 heteroatoms. The molecule has 0 atom stereocenters. The highest BCUT2D eigenvalue weighted by Crippen LogP contribution is 2.16. The van der Waals surface area contributed by atoms with Crippen molar-refractivity contribution in [2.45, 2.75) is 27.3 Å². The number of nitrogens with zero attached hydrogens (tertiary/aromatic N) is 2. The average Bonchev–Trinajstić information content (AvgIpc) is 2.97. The Bertz CT molecular complexity index is 898. The second-order valence-corrected chi connectivity index (χ2v) is 6.69. The van der Waals surface area contributed by atoms with Crippen LogP contribution in [0.4, 0.5) is 11.5 Å². The van der Waals surface area contributed by atoms with Crippen LogP contribution in [-0.2, 0) is 6.54 Å². The molecule has 0 bridgehead atoms. The number of aryl methyl sites for hydroxylation is 3. The molecule has 0 aliphatic rings. The molecule has 0 amide bonds. The molecule has 2 aromatic carbocycles. The molecule has 0 saturated carbocycles. The summed E-state index contributed by atoms with van der Waals surface area (Å²) in [5, 5.41) is 11.4. The van der Waals surface area contributed by atoms with Crippen molar-refractivity contribution in [2.75, 3.05) is 10.6 Å². The molecule has 0 fully saturated rings. The van der Waals surface area contributed by atoms with Crippen LogP contribution >= 0.6 is 12.2 Å². The van der Waals surface area contributed by atoms with Gasteiger partial charge in [0.1, 0.15) is 0 Å². The summed E-state index contributed by atoms with van der Waals surface area (Å²) < 4.78 is 1.90. The molecule has 25 heavy (non-hydrogen) atoms. The summed E-state index contributed by atoms with van der Waals surface area (Å²) in [6.45, 7) is 6.97. The number of thiocarbonyl (C=S) groups is 1. The third kappa shape index (κ3) is 4.67. The van der Waals surface area contributed by atoms with E-state index in [9.17, 15) is 0 Å². The van der Waals surface area contributed by atoms with Crippen molar-refractivity contribution < 1.29 is 0 Å². The van der Waals surface area contributed by atoms with E-state index in [1.54, 1.807) is 0 Å². The molecule has 4 nitrogen and oxygen atoms in total. The van der Waals surface area contributed by atoms with Crippen LogP contribution in [0.3, 0.4) is 0 Å². The van der Waals surface area contributed by atoms with E-state index in [1.165, 1.54) is 16.7 Å². The highest BCUT2D eigenvalue weighted by molar-refractivity contribution is 7.80. The third-order valence-electron chi connectivity index (χ3n) is 3.94. The van der Waals surface area contributed by atoms with E-state index in [1.807, 2.05) is 23.0 Å². The number of benzene rings is 2. The topological polar surface area (TPSA) is 41.9 Å². The fraction of sp³-hybridized carbons (Fsp3) is 0.200. The van der Waals surface area contributed by atoms with Gasteiger partial charge in [0.15, 0.2) is 10.9 Å². The molecule has 128 valence electrons. The Kier molecular flexibility index (Phi) is 5.14. The standard InChI is InChI=1S/C20H22N4S/c1-14-5-4-6-17(12-14)13-24-10-9-19(23-24)22-20(25)21-18-8-7-15(2)11-16(18)3/h4-12H,13H2,1-3H3,(H2,21,22,23,25). The minimum absolute atomic E-state index is 0.535. The van der Waals surface area contributed by atoms with Crippen LogP contribution in [0.1, 0.15) is 22.3 Å². The van der Waals surface area contributed by atoms with Gasteiger partial charge in [-0.3, -0.25) is 4.68 Å². The quantitative estimate of drug-likeness (QED) is 0.671. The SMILES string of the molecule is Cc1cccc(Cn2ccc(NC(=S)Nc3ccc(C)cc3C)n2)c1. The lowest BCUT2D eigenvalue weighted by atomic mass is 10.1. The van der Waals surface area contributed by atoms with Gasteiger partial charge in [0.05, 0.1) is 6.54 Å². The van der Waals surface area contributed by atoms with Crippen molar-refractivity contribution >= 4 is 28.8 Å². The first-order chi connectivity index (χ1) is 12.0. The summed E-state index contributed by atoms with van der Waals surface area (Å²) in [6.07, 6.45) is 1.95. The lowest BCUT2D eigenvalue weighted by Gasteiger charge is -2.11. The minimum Gasteiger partial charge on any atom is -0.332 e. The zero-order valence-electron chi connectivity index (χ0n) is 14.7. The van der Waals surface area contributed by atoms with E-state index in [2.05, 4.69) is 72.9 Å². The van der Waals surface area contributed by atoms with Gasteiger partial charge in [0, 0.05) is 18.0 Å². The van der Waals surface area contributed by atoms with Crippen molar-refractivity contribution in [1.29, 1.82) is 0 Å². The largest absolute Gasteiger partial charge is 0.332 e. The van der Waals surface area contributed by atoms with Crippen molar-refractivity contribution in [3.05, 3.63) is 77.0 Å². The zero-order valence-corrected chi connectivity index (χ0v) is 15.5. The second kappa shape index (κ2) is 7.49. The van der Waals surface area contributed by atoms with Gasteiger partial charge >= 0.3 is 0 Å². The van der Waals surface area contributed by atoms with Crippen molar-refractivity contribution in [2.24, 2.45) is 0 Å². The van der Waals surface area contributed by atoms with E-state index in [0.717, 1.165) is 23.6 Å². The Morgan fingerprint density at radius 2 is 1.80 bits per heavy atom. The number of nitrogens with one attached hydrogen (secondary N) is 2. The van der Waals surface area contributed by atoms with Crippen LogP contribution in [0.15, 0.2) is 54.7 Å². The first-order valence-electron chi connectivity index (χ1n) is 8.24. The molecular formula is C20H22N4S. The second-order valence-electron chi connectivity index (χ2n) is 6.29. The lowest BCUT2D eigenvalue weighted by Crippen LogP contribution is -2.20. The zero-order chi connectivity index (χ0) is 17.8. The Morgan fingerprint density at radius 3 is 2.56 bits per heavy atom. The van der Waals surface area contributed by atoms with Crippen molar-refractivity contribution in [3.63, 3.8) is 0 Å². The van der Waals surface area contributed by atoms with Crippen molar-refractivity contribution in [3.8, 4) is 0 Å². The van der Waals surface area contributed by atoms with Gasteiger partial charge in [-0.15, -0.1) is 0 Å². The fourth-order valence-corrected chi connectivity index (χ4v) is 2.95. The van der Waals surface area contributed by atoms with Gasteiger partial charge in [-0.25, -0.2) is 0 Å². The smallest absolute Gasteiger partial charge is 0.176 e. The number of rotatable bonds is 4. The lowest BCUT2D eigenvalue weighted by molar-refractivity contribution is 0.689. The first kappa shape index (κ1) is 17.2. The van der Waals surface area contributed by atoms with Crippen LogP contribution in [0.5, 0.6) is 0 Å². The van der Waals surface area contributed by atoms with Crippen LogP contribution in [0.2, 0.25) is 0 Å². The molecule has 0 unspecified atom stereocenters. The monoisotopic (exact) mass is 350 g/mol. The molecule has 1 heterocycles. The van der Waals surface area contributed by atoms with Crippen LogP contribution < -0.4 is 10.6 Å². The molecule has 3 aromatic rings. The van der Waals surface area contributed by atoms with E-state index in [4.69, 9.17) is 12.2 Å². The maximum Gasteiger partial charge on any atom is 0.176 e. The van der Waals surface area contributed by atoms with Gasteiger partial charge in [-0.2, -0.15) is 5.10 Å². The van der Waals surface area contributed by atoms with Gasteiger partial charge in [0.2, 0.25) is 0 Å². The maximum absolute atomic E-state index is 5.40. The molecule has 0 spiro atoms. The number of hydrogen-bond acceptors (Lipinski definition) is 2. The summed E-state index contributed by atoms with van der Waals surface area (Å²) in [4.78, 5) is 0. The highest BCUT2D eigenvalue weighted by Gasteiger charge is 2.05. The normalized spacial score (nSPS) is 10.5. The molecule has 0 radical (unpaired) electrons. The molecule has 0 saturated heterocycles. The molecule has 1 aromatic heterocycles. The van der Waals surface area contributed by atoms with Crippen LogP contribution in [-0.4, -0.2) is 14.9 Å². The summed E-state index contributed by atoms with van der Waals surface area (Å²) in [7, 11) is 0. The first-order valence-corrected chi connectivity index (χ1v) is 8.65. The molecule has 0 aliphatic carbocycles. The predicted octanol–water partition coefficient (Wildman–Crippen LogP) is 4.67. The molecule has 0 aliphatic heterocycles. The third-order valence-corrected chi connectivity index (χ3v) is 4.14. The number of aromatic nitrogens is 2. The minimum atomic E-state index is 0.535. The van der Waals surface area contributed by atoms with Gasteiger partial charge < -0.3 is 10.6 Å². The Labute approximate surface area is 153 Å². The maximum atomic E-state index is 5.40. The predicted molar refractivity (Wildman–Crippen MR) is 108 cm³/mol. The van der Waals surface area contributed by atoms with Gasteiger partial charge in [0.25, 0.3) is 0 Å². The summed E-state index contributed by atoms with van der Waals surface area (Å²) in [5.41, 5.74) is 5.88. The average molecular weight is 350 g/mol. The van der Waals surface area contributed by atoms with Crippen molar-refractivity contribution in [1.82, 2.24) is 9.78 Å². The number of hydrogen-bond donors (Lipinski definition) is 2. The molecule has 3 rings (SSSR count). The van der Waals surface area contributed by atoms with E-state index in [-0.39, 0.29) is 0 Å². The van der Waals surface area contributed by atoms with Crippen LogP contribution in [0.25, 0.3) is 0 Å². The van der Waals surface area contributed by atoms with E-state index >= 15 is 0 Å². The number of anilines is 2. The van der Waals surface area contributed by atoms with Gasteiger partial charge in [-0.1, -0.05) is 47.5 Å². The molecular weight excluding hydrogens is 328 g/mol. The Hall–Kier alpha value is -2.66.